The van der Waals surface area contributed by atoms with E-state index in [2.05, 4.69) is 29.0 Å². The molecule has 5 nitrogen and oxygen atoms in total. The van der Waals surface area contributed by atoms with Crippen LogP contribution in [0, 0.1) is 5.92 Å². The van der Waals surface area contributed by atoms with Crippen molar-refractivity contribution >= 4 is 15.7 Å². The highest BCUT2D eigenvalue weighted by molar-refractivity contribution is 7.90. The molecule has 1 N–H and O–H groups in total. The third-order valence-electron chi connectivity index (χ3n) is 3.64. The second kappa shape index (κ2) is 6.75. The maximum Gasteiger partial charge on any atom is 0.179 e. The van der Waals surface area contributed by atoms with Gasteiger partial charge in [-0.1, -0.05) is 13.8 Å². The fourth-order valence-electron chi connectivity index (χ4n) is 2.78. The summed E-state index contributed by atoms with van der Waals surface area (Å²) < 4.78 is 24.0. The Morgan fingerprint density at radius 3 is 2.81 bits per heavy atom. The minimum atomic E-state index is -3.27. The standard InChI is InChI=1S/C15H25N3O2S/c1-12(2)10-18(11-13-6-4-8-16-13)15-14(21(3,19)20)7-5-9-17-15/h5,7,9,12-13,16H,4,6,8,10-11H2,1-3H3. The lowest BCUT2D eigenvalue weighted by Gasteiger charge is -2.29. The molecule has 0 aromatic carbocycles. The second-order valence-corrected chi connectivity index (χ2v) is 8.17. The first kappa shape index (κ1) is 16.2. The van der Waals surface area contributed by atoms with E-state index >= 15 is 0 Å². The molecule has 6 heteroatoms. The number of aromatic nitrogens is 1. The van der Waals surface area contributed by atoms with Crippen LogP contribution in [0.2, 0.25) is 0 Å². The van der Waals surface area contributed by atoms with Crippen LogP contribution in [-0.2, 0) is 9.84 Å². The Labute approximate surface area is 127 Å². The van der Waals surface area contributed by atoms with Crippen molar-refractivity contribution in [3.8, 4) is 0 Å². The zero-order valence-corrected chi connectivity index (χ0v) is 13.9. The molecule has 0 spiro atoms. The molecule has 2 rings (SSSR count). The highest BCUT2D eigenvalue weighted by Crippen LogP contribution is 2.24. The van der Waals surface area contributed by atoms with Gasteiger partial charge in [0, 0.05) is 31.6 Å². The summed E-state index contributed by atoms with van der Waals surface area (Å²) in [6, 6.07) is 3.74. The second-order valence-electron chi connectivity index (χ2n) is 6.19. The van der Waals surface area contributed by atoms with Gasteiger partial charge >= 0.3 is 0 Å². The Balaban J connectivity index is 2.31. The van der Waals surface area contributed by atoms with Gasteiger partial charge in [-0.25, -0.2) is 13.4 Å². The van der Waals surface area contributed by atoms with Crippen molar-refractivity contribution in [3.63, 3.8) is 0 Å². The van der Waals surface area contributed by atoms with Crippen molar-refractivity contribution in [1.82, 2.24) is 10.3 Å². The van der Waals surface area contributed by atoms with Crippen LogP contribution >= 0.6 is 0 Å². The van der Waals surface area contributed by atoms with Gasteiger partial charge in [-0.3, -0.25) is 0 Å². The predicted molar refractivity (Wildman–Crippen MR) is 85.4 cm³/mol. The molecule has 0 aliphatic carbocycles. The number of pyridine rings is 1. The number of rotatable bonds is 6. The lowest BCUT2D eigenvalue weighted by Crippen LogP contribution is -2.40. The summed E-state index contributed by atoms with van der Waals surface area (Å²) in [5.74, 6) is 1.03. The van der Waals surface area contributed by atoms with Gasteiger partial charge in [-0.15, -0.1) is 0 Å². The van der Waals surface area contributed by atoms with Gasteiger partial charge in [0.15, 0.2) is 9.84 Å². The van der Waals surface area contributed by atoms with Crippen LogP contribution in [0.15, 0.2) is 23.2 Å². The van der Waals surface area contributed by atoms with Crippen molar-refractivity contribution in [3.05, 3.63) is 18.3 Å². The Kier molecular flexibility index (Phi) is 5.22. The summed E-state index contributed by atoms with van der Waals surface area (Å²) in [4.78, 5) is 6.80. The van der Waals surface area contributed by atoms with Gasteiger partial charge in [0.1, 0.15) is 10.7 Å². The molecule has 0 radical (unpaired) electrons. The molecular formula is C15H25N3O2S. The molecule has 21 heavy (non-hydrogen) atoms. The van der Waals surface area contributed by atoms with E-state index in [1.807, 2.05) is 0 Å². The van der Waals surface area contributed by atoms with Crippen LogP contribution in [0.5, 0.6) is 0 Å². The number of anilines is 1. The van der Waals surface area contributed by atoms with Crippen LogP contribution in [-0.4, -0.2) is 45.3 Å². The molecule has 1 atom stereocenters. The minimum absolute atomic E-state index is 0.323. The Morgan fingerprint density at radius 1 is 1.48 bits per heavy atom. The maximum atomic E-state index is 12.0. The van der Waals surface area contributed by atoms with Gasteiger partial charge in [0.05, 0.1) is 0 Å². The topological polar surface area (TPSA) is 62.3 Å². The highest BCUT2D eigenvalue weighted by Gasteiger charge is 2.24. The molecule has 1 saturated heterocycles. The van der Waals surface area contributed by atoms with Crippen LogP contribution in [0.1, 0.15) is 26.7 Å². The van der Waals surface area contributed by atoms with Crippen LogP contribution in [0.25, 0.3) is 0 Å². The lowest BCUT2D eigenvalue weighted by atomic mass is 10.1. The summed E-state index contributed by atoms with van der Waals surface area (Å²) in [5, 5.41) is 3.47. The van der Waals surface area contributed by atoms with Crippen LogP contribution in [0.4, 0.5) is 5.82 Å². The Bertz CT molecular complexity index is 566. The van der Waals surface area contributed by atoms with Crippen molar-refractivity contribution in [2.75, 3.05) is 30.8 Å². The molecule has 1 aliphatic heterocycles. The smallest absolute Gasteiger partial charge is 0.179 e. The van der Waals surface area contributed by atoms with E-state index in [0.717, 1.165) is 26.1 Å². The summed E-state index contributed by atoms with van der Waals surface area (Å²) in [6.45, 7) is 6.92. The molecule has 1 fully saturated rings. The number of hydrogen-bond donors (Lipinski definition) is 1. The SMILES string of the molecule is CC(C)CN(CC1CCCN1)c1ncccc1S(C)(=O)=O. The van der Waals surface area contributed by atoms with E-state index in [9.17, 15) is 8.42 Å². The molecule has 2 heterocycles. The first-order valence-electron chi connectivity index (χ1n) is 7.51. The van der Waals surface area contributed by atoms with Crippen molar-refractivity contribution in [2.45, 2.75) is 37.6 Å². The zero-order chi connectivity index (χ0) is 15.5. The number of nitrogens with zero attached hydrogens (tertiary/aromatic N) is 2. The molecule has 1 aromatic heterocycles. The maximum absolute atomic E-state index is 12.0. The summed E-state index contributed by atoms with van der Waals surface area (Å²) in [7, 11) is -3.27. The van der Waals surface area contributed by atoms with Gasteiger partial charge in [-0.05, 0) is 37.4 Å². The quantitative estimate of drug-likeness (QED) is 0.866. The molecule has 1 aliphatic rings. The van der Waals surface area contributed by atoms with Crippen LogP contribution < -0.4 is 10.2 Å². The van der Waals surface area contributed by atoms with E-state index in [1.165, 1.54) is 12.7 Å². The molecule has 1 unspecified atom stereocenters. The summed E-state index contributed by atoms with van der Waals surface area (Å²) >= 11 is 0. The Hall–Kier alpha value is -1.14. The zero-order valence-electron chi connectivity index (χ0n) is 13.0. The highest BCUT2D eigenvalue weighted by atomic mass is 32.2. The van der Waals surface area contributed by atoms with Crippen molar-refractivity contribution in [2.24, 2.45) is 5.92 Å². The molecule has 1 aromatic rings. The molecule has 118 valence electrons. The van der Waals surface area contributed by atoms with Crippen LogP contribution in [0.3, 0.4) is 0 Å². The first-order chi connectivity index (χ1) is 9.88. The fourth-order valence-corrected chi connectivity index (χ4v) is 3.62. The average molecular weight is 311 g/mol. The lowest BCUT2D eigenvalue weighted by molar-refractivity contribution is 0.534. The number of hydrogen-bond acceptors (Lipinski definition) is 5. The van der Waals surface area contributed by atoms with E-state index in [4.69, 9.17) is 0 Å². The molecular weight excluding hydrogens is 286 g/mol. The molecule has 0 saturated carbocycles. The summed E-state index contributed by atoms with van der Waals surface area (Å²) in [6.07, 6.45) is 5.23. The van der Waals surface area contributed by atoms with E-state index in [0.29, 0.717) is 22.7 Å². The Morgan fingerprint density at radius 2 is 2.24 bits per heavy atom. The van der Waals surface area contributed by atoms with E-state index < -0.39 is 9.84 Å². The third kappa shape index (κ3) is 4.41. The summed E-state index contributed by atoms with van der Waals surface area (Å²) in [5.41, 5.74) is 0. The normalized spacial score (nSPS) is 19.1. The van der Waals surface area contributed by atoms with Gasteiger partial charge in [-0.2, -0.15) is 0 Å². The van der Waals surface area contributed by atoms with Gasteiger partial charge in [0.2, 0.25) is 0 Å². The van der Waals surface area contributed by atoms with Crippen molar-refractivity contribution < 1.29 is 8.42 Å². The van der Waals surface area contributed by atoms with Crippen molar-refractivity contribution in [1.29, 1.82) is 0 Å². The fraction of sp³-hybridized carbons (Fsp3) is 0.667. The first-order valence-corrected chi connectivity index (χ1v) is 9.40. The van der Waals surface area contributed by atoms with Gasteiger partial charge in [0.25, 0.3) is 0 Å². The minimum Gasteiger partial charge on any atom is -0.354 e. The number of sulfone groups is 1. The van der Waals surface area contributed by atoms with E-state index in [-0.39, 0.29) is 0 Å². The molecule has 0 amide bonds. The predicted octanol–water partition coefficient (Wildman–Crippen LogP) is 1.70. The largest absolute Gasteiger partial charge is 0.354 e. The van der Waals surface area contributed by atoms with Gasteiger partial charge < -0.3 is 10.2 Å². The van der Waals surface area contributed by atoms with E-state index in [1.54, 1.807) is 18.3 Å². The third-order valence-corrected chi connectivity index (χ3v) is 4.76. The average Bonchev–Trinajstić information content (AvgIpc) is 2.89. The molecule has 0 bridgehead atoms. The monoisotopic (exact) mass is 311 g/mol. The number of nitrogens with one attached hydrogen (secondary N) is 1.